The van der Waals surface area contributed by atoms with Gasteiger partial charge in [0.05, 0.1) is 12.0 Å². The number of carbonyl (C=O) groups excluding carboxylic acids is 3. The van der Waals surface area contributed by atoms with Crippen LogP contribution in [0.25, 0.3) is 10.8 Å². The fourth-order valence-electron chi connectivity index (χ4n) is 3.75. The van der Waals surface area contributed by atoms with Crippen LogP contribution < -0.4 is 10.6 Å². The third kappa shape index (κ3) is 6.87. The molecule has 0 aliphatic rings. The lowest BCUT2D eigenvalue weighted by atomic mass is 9.82. The van der Waals surface area contributed by atoms with Crippen LogP contribution in [0.1, 0.15) is 40.2 Å². The molecule has 0 bridgehead atoms. The molecule has 0 saturated heterocycles. The zero-order chi connectivity index (χ0) is 25.6. The summed E-state index contributed by atoms with van der Waals surface area (Å²) in [5.74, 6) is -4.72. The van der Waals surface area contributed by atoms with E-state index in [1.54, 1.807) is 34.6 Å². The fraction of sp³-hybridized carbons (Fsp3) is 0.462. The average molecular weight is 471 g/mol. The van der Waals surface area contributed by atoms with Gasteiger partial charge in [-0.15, -0.1) is 0 Å². The van der Waals surface area contributed by atoms with Crippen LogP contribution in [0.15, 0.2) is 42.5 Å². The number of fused-ring (bicyclic) bond motifs is 1. The second-order valence-electron chi connectivity index (χ2n) is 9.69. The van der Waals surface area contributed by atoms with Crippen molar-refractivity contribution in [1.29, 1.82) is 0 Å². The Hall–Kier alpha value is -3.26. The standard InChI is InChI=1S/C26H34N2O6/c1-15(2)34-21(25(32)33)19(14-16-11-12-17-9-7-8-10-18(17)13-16)23(30)28-22(26(3,4)5)20(29)24(31)27-6/h7-13,15,19,21-22H,14H2,1-6H3,(H,27,31)(H,28,30)(H,32,33)/t19-,21+,22-/m1/s1. The van der Waals surface area contributed by atoms with Gasteiger partial charge in [0.25, 0.3) is 5.91 Å². The number of nitrogens with one attached hydrogen (secondary N) is 2. The summed E-state index contributed by atoms with van der Waals surface area (Å²) < 4.78 is 5.63. The minimum atomic E-state index is -1.44. The van der Waals surface area contributed by atoms with Crippen molar-refractivity contribution in [3.05, 3.63) is 48.0 Å². The topological polar surface area (TPSA) is 122 Å². The molecular formula is C26H34N2O6. The Kier molecular flexibility index (Phi) is 8.93. The maximum absolute atomic E-state index is 13.5. The molecule has 2 aromatic rings. The number of hydrogen-bond donors (Lipinski definition) is 3. The van der Waals surface area contributed by atoms with Crippen LogP contribution >= 0.6 is 0 Å². The molecule has 8 nitrogen and oxygen atoms in total. The van der Waals surface area contributed by atoms with Crippen molar-refractivity contribution in [3.8, 4) is 0 Å². The second-order valence-corrected chi connectivity index (χ2v) is 9.69. The molecule has 0 aliphatic carbocycles. The number of ketones is 1. The number of hydrogen-bond acceptors (Lipinski definition) is 5. The number of likely N-dealkylation sites (N-methyl/N-ethyl adjacent to an activating group) is 1. The van der Waals surface area contributed by atoms with Gasteiger partial charge in [-0.2, -0.15) is 0 Å². The third-order valence-corrected chi connectivity index (χ3v) is 5.50. The minimum absolute atomic E-state index is 0.0748. The van der Waals surface area contributed by atoms with Gasteiger partial charge in [0.2, 0.25) is 11.7 Å². The molecule has 0 unspecified atom stereocenters. The molecule has 34 heavy (non-hydrogen) atoms. The number of aliphatic carboxylic acids is 1. The Morgan fingerprint density at radius 1 is 1.00 bits per heavy atom. The van der Waals surface area contributed by atoms with Gasteiger partial charge in [0.1, 0.15) is 6.04 Å². The van der Waals surface area contributed by atoms with Crippen molar-refractivity contribution in [2.45, 2.75) is 59.3 Å². The molecule has 2 amide bonds. The van der Waals surface area contributed by atoms with Gasteiger partial charge in [0, 0.05) is 7.05 Å². The SMILES string of the molecule is CNC(=O)C(=O)[C@@H](NC(=O)[C@H](Cc1ccc2ccccc2c1)[C@H](OC(C)C)C(=O)O)C(C)(C)C. The van der Waals surface area contributed by atoms with Crippen LogP contribution in [0.4, 0.5) is 0 Å². The molecule has 8 heteroatoms. The predicted octanol–water partition coefficient (Wildman–Crippen LogP) is 2.72. The van der Waals surface area contributed by atoms with Crippen molar-refractivity contribution in [2.75, 3.05) is 7.05 Å². The predicted molar refractivity (Wildman–Crippen MR) is 129 cm³/mol. The number of ether oxygens (including phenoxy) is 1. The van der Waals surface area contributed by atoms with Crippen LogP contribution in [0.3, 0.4) is 0 Å². The molecule has 0 heterocycles. The van der Waals surface area contributed by atoms with Crippen LogP contribution in [-0.2, 0) is 30.3 Å². The summed E-state index contributed by atoms with van der Waals surface area (Å²) in [4.78, 5) is 50.3. The summed E-state index contributed by atoms with van der Waals surface area (Å²) in [7, 11) is 1.33. The average Bonchev–Trinajstić information content (AvgIpc) is 2.77. The largest absolute Gasteiger partial charge is 0.479 e. The molecule has 0 fully saturated rings. The van der Waals surface area contributed by atoms with E-state index in [0.717, 1.165) is 16.3 Å². The molecule has 0 radical (unpaired) electrons. The first-order valence-corrected chi connectivity index (χ1v) is 11.3. The van der Waals surface area contributed by atoms with E-state index < -0.39 is 53.1 Å². The summed E-state index contributed by atoms with van der Waals surface area (Å²) in [6, 6.07) is 12.2. The molecule has 2 aromatic carbocycles. The smallest absolute Gasteiger partial charge is 0.333 e. The maximum Gasteiger partial charge on any atom is 0.333 e. The monoisotopic (exact) mass is 470 g/mol. The highest BCUT2D eigenvalue weighted by Gasteiger charge is 2.41. The molecule has 2 rings (SSSR count). The van der Waals surface area contributed by atoms with E-state index in [-0.39, 0.29) is 6.42 Å². The Balaban J connectivity index is 2.45. The first kappa shape index (κ1) is 27.0. The van der Waals surface area contributed by atoms with Crippen molar-refractivity contribution in [1.82, 2.24) is 10.6 Å². The van der Waals surface area contributed by atoms with E-state index in [1.165, 1.54) is 7.05 Å². The number of carboxylic acid groups (broad SMARTS) is 1. The molecule has 0 spiro atoms. The Morgan fingerprint density at radius 3 is 2.15 bits per heavy atom. The Bertz CT molecular complexity index is 1060. The fourth-order valence-corrected chi connectivity index (χ4v) is 3.75. The summed E-state index contributed by atoms with van der Waals surface area (Å²) in [5, 5.41) is 16.8. The summed E-state index contributed by atoms with van der Waals surface area (Å²) in [6.45, 7) is 8.53. The highest BCUT2D eigenvalue weighted by Crippen LogP contribution is 2.25. The number of Topliss-reactive ketones (excluding diaryl/α,β-unsaturated/α-hetero) is 1. The van der Waals surface area contributed by atoms with Crippen molar-refractivity contribution >= 4 is 34.3 Å². The number of rotatable bonds is 10. The second kappa shape index (κ2) is 11.2. The van der Waals surface area contributed by atoms with E-state index >= 15 is 0 Å². The van der Waals surface area contributed by atoms with Crippen molar-refractivity contribution in [3.63, 3.8) is 0 Å². The zero-order valence-electron chi connectivity index (χ0n) is 20.5. The first-order chi connectivity index (χ1) is 15.8. The highest BCUT2D eigenvalue weighted by molar-refractivity contribution is 6.38. The Morgan fingerprint density at radius 2 is 1.62 bits per heavy atom. The summed E-state index contributed by atoms with van der Waals surface area (Å²) >= 11 is 0. The summed E-state index contributed by atoms with van der Waals surface area (Å²) in [6.07, 6.45) is -1.81. The van der Waals surface area contributed by atoms with Gasteiger partial charge in [-0.25, -0.2) is 4.79 Å². The third-order valence-electron chi connectivity index (χ3n) is 5.50. The molecular weight excluding hydrogens is 436 g/mol. The quantitative estimate of drug-likeness (QED) is 0.459. The lowest BCUT2D eigenvalue weighted by Gasteiger charge is -2.32. The van der Waals surface area contributed by atoms with Gasteiger partial charge in [-0.1, -0.05) is 63.2 Å². The van der Waals surface area contributed by atoms with Crippen LogP contribution in [0.2, 0.25) is 0 Å². The van der Waals surface area contributed by atoms with E-state index in [0.29, 0.717) is 0 Å². The number of benzene rings is 2. The maximum atomic E-state index is 13.5. The van der Waals surface area contributed by atoms with Gasteiger partial charge in [-0.3, -0.25) is 14.4 Å². The van der Waals surface area contributed by atoms with E-state index in [9.17, 15) is 24.3 Å². The number of carbonyl (C=O) groups is 4. The highest BCUT2D eigenvalue weighted by atomic mass is 16.5. The molecule has 0 aromatic heterocycles. The van der Waals surface area contributed by atoms with Crippen LogP contribution in [0.5, 0.6) is 0 Å². The molecule has 0 saturated carbocycles. The van der Waals surface area contributed by atoms with Gasteiger partial charge in [-0.05, 0) is 42.0 Å². The zero-order valence-corrected chi connectivity index (χ0v) is 20.5. The van der Waals surface area contributed by atoms with Gasteiger partial charge >= 0.3 is 5.97 Å². The summed E-state index contributed by atoms with van der Waals surface area (Å²) in [5.41, 5.74) is -0.0351. The normalized spacial score (nSPS) is 14.3. The number of amides is 2. The molecule has 3 atom stereocenters. The minimum Gasteiger partial charge on any atom is -0.479 e. The molecule has 3 N–H and O–H groups in total. The van der Waals surface area contributed by atoms with E-state index in [2.05, 4.69) is 10.6 Å². The first-order valence-electron chi connectivity index (χ1n) is 11.3. The number of carboxylic acids is 1. The van der Waals surface area contributed by atoms with Crippen molar-refractivity contribution in [2.24, 2.45) is 11.3 Å². The molecule has 0 aliphatic heterocycles. The van der Waals surface area contributed by atoms with Gasteiger partial charge < -0.3 is 20.5 Å². The van der Waals surface area contributed by atoms with Crippen LogP contribution in [-0.4, -0.2) is 54.0 Å². The van der Waals surface area contributed by atoms with Gasteiger partial charge in [0.15, 0.2) is 6.10 Å². The van der Waals surface area contributed by atoms with E-state index in [4.69, 9.17) is 4.74 Å². The van der Waals surface area contributed by atoms with Crippen LogP contribution in [0, 0.1) is 11.3 Å². The van der Waals surface area contributed by atoms with E-state index in [1.807, 2.05) is 42.5 Å². The lowest BCUT2D eigenvalue weighted by molar-refractivity contribution is -0.162. The van der Waals surface area contributed by atoms with Crippen molar-refractivity contribution < 1.29 is 29.0 Å². The molecule has 184 valence electrons. The lowest BCUT2D eigenvalue weighted by Crippen LogP contribution is -2.56. The Labute approximate surface area is 200 Å².